The number of likely N-dealkylation sites (N-methyl/N-ethyl adjacent to an activating group) is 1. The van der Waals surface area contributed by atoms with Crippen molar-refractivity contribution >= 4 is 27.5 Å². The summed E-state index contributed by atoms with van der Waals surface area (Å²) in [6, 6.07) is 15.0. The summed E-state index contributed by atoms with van der Waals surface area (Å²) >= 11 is 1.60. The smallest absolute Gasteiger partial charge is 0.260 e. The van der Waals surface area contributed by atoms with E-state index in [-0.39, 0.29) is 18.6 Å². The molecular weight excluding hydrogens is 376 g/mol. The normalized spacial score (nSPS) is 12.1. The zero-order chi connectivity index (χ0) is 19.5. The third-order valence-electron chi connectivity index (χ3n) is 4.47. The largest absolute Gasteiger partial charge is 0.484 e. The van der Waals surface area contributed by atoms with Crippen molar-refractivity contribution in [2.45, 2.75) is 13.0 Å². The number of para-hydroxylation sites is 1. The van der Waals surface area contributed by atoms with Crippen LogP contribution in [0.1, 0.15) is 18.0 Å². The van der Waals surface area contributed by atoms with Crippen molar-refractivity contribution in [1.29, 1.82) is 0 Å². The number of hydrogen-bond donors (Lipinski definition) is 0. The summed E-state index contributed by atoms with van der Waals surface area (Å²) in [7, 11) is 1.76. The Labute approximate surface area is 165 Å². The Morgan fingerprint density at radius 2 is 2.00 bits per heavy atom. The molecule has 0 aliphatic rings. The monoisotopic (exact) mass is 394 g/mol. The standard InChI is InChI=1S/C20H18N4O3S/c1-13(20-22-16-5-3-4-6-17(16)28-20)24(2)18(25)11-26-15-9-7-14(8-10-15)19-23-21-12-27-19/h3-10,12-13H,11H2,1-2H3/t13-/m1/s1. The van der Waals surface area contributed by atoms with Gasteiger partial charge in [0, 0.05) is 12.6 Å². The minimum absolute atomic E-state index is 0.0500. The third kappa shape index (κ3) is 3.72. The Hall–Kier alpha value is -3.26. The van der Waals surface area contributed by atoms with E-state index in [0.717, 1.165) is 20.8 Å². The van der Waals surface area contributed by atoms with Gasteiger partial charge in [0.25, 0.3) is 5.91 Å². The Balaban J connectivity index is 1.37. The molecule has 0 saturated heterocycles. The molecule has 1 amide bonds. The van der Waals surface area contributed by atoms with E-state index in [0.29, 0.717) is 11.6 Å². The molecule has 7 nitrogen and oxygen atoms in total. The summed E-state index contributed by atoms with van der Waals surface area (Å²) in [5.41, 5.74) is 1.74. The van der Waals surface area contributed by atoms with Gasteiger partial charge in [0.15, 0.2) is 6.61 Å². The summed E-state index contributed by atoms with van der Waals surface area (Å²) in [5.74, 6) is 0.914. The molecule has 8 heteroatoms. The number of thiazole rings is 1. The molecule has 0 aliphatic carbocycles. The second-order valence-corrected chi connectivity index (χ2v) is 7.32. The average molecular weight is 394 g/mol. The lowest BCUT2D eigenvalue weighted by Crippen LogP contribution is -2.33. The average Bonchev–Trinajstić information content (AvgIpc) is 3.41. The summed E-state index contributed by atoms with van der Waals surface area (Å²) in [6.45, 7) is 1.92. The quantitative estimate of drug-likeness (QED) is 0.493. The van der Waals surface area contributed by atoms with Crippen molar-refractivity contribution in [3.05, 3.63) is 59.9 Å². The van der Waals surface area contributed by atoms with Crippen LogP contribution in [0, 0.1) is 0 Å². The SMILES string of the molecule is C[C@H](c1nc2ccccc2s1)N(C)C(=O)COc1ccc(-c2nnco2)cc1. The van der Waals surface area contributed by atoms with Crippen LogP contribution in [0.25, 0.3) is 21.7 Å². The first-order valence-corrected chi connectivity index (χ1v) is 9.54. The van der Waals surface area contributed by atoms with E-state index in [1.807, 2.05) is 31.2 Å². The molecule has 0 bridgehead atoms. The van der Waals surface area contributed by atoms with Crippen molar-refractivity contribution in [2.75, 3.05) is 13.7 Å². The number of fused-ring (bicyclic) bond motifs is 1. The van der Waals surface area contributed by atoms with E-state index in [1.165, 1.54) is 6.39 Å². The Kier molecular flexibility index (Phi) is 5.03. The molecule has 0 unspecified atom stereocenters. The van der Waals surface area contributed by atoms with Crippen LogP contribution >= 0.6 is 11.3 Å². The third-order valence-corrected chi connectivity index (χ3v) is 5.67. The van der Waals surface area contributed by atoms with Crippen LogP contribution in [0.4, 0.5) is 0 Å². The molecule has 28 heavy (non-hydrogen) atoms. The van der Waals surface area contributed by atoms with Gasteiger partial charge in [-0.2, -0.15) is 0 Å². The van der Waals surface area contributed by atoms with Gasteiger partial charge in [-0.25, -0.2) is 4.98 Å². The number of ether oxygens (including phenoxy) is 1. The lowest BCUT2D eigenvalue weighted by Gasteiger charge is -2.23. The fourth-order valence-corrected chi connectivity index (χ4v) is 3.75. The first-order valence-electron chi connectivity index (χ1n) is 8.72. The second kappa shape index (κ2) is 7.77. The van der Waals surface area contributed by atoms with E-state index in [9.17, 15) is 4.79 Å². The van der Waals surface area contributed by atoms with Crippen molar-refractivity contribution < 1.29 is 13.9 Å². The molecule has 0 spiro atoms. The van der Waals surface area contributed by atoms with Crippen LogP contribution in [0.15, 0.2) is 59.3 Å². The second-order valence-electron chi connectivity index (χ2n) is 6.26. The number of amides is 1. The maximum absolute atomic E-state index is 12.5. The molecule has 2 aromatic heterocycles. The predicted molar refractivity (Wildman–Crippen MR) is 106 cm³/mol. The first kappa shape index (κ1) is 18.1. The lowest BCUT2D eigenvalue weighted by molar-refractivity contribution is -0.134. The van der Waals surface area contributed by atoms with Gasteiger partial charge in [0.2, 0.25) is 12.3 Å². The van der Waals surface area contributed by atoms with E-state index in [1.54, 1.807) is 47.5 Å². The van der Waals surface area contributed by atoms with E-state index in [2.05, 4.69) is 15.2 Å². The minimum atomic E-state index is -0.131. The molecule has 4 rings (SSSR count). The molecule has 0 N–H and O–H groups in total. The predicted octanol–water partition coefficient (Wildman–Crippen LogP) is 3.94. The van der Waals surface area contributed by atoms with Crippen LogP contribution in [-0.4, -0.2) is 39.6 Å². The van der Waals surface area contributed by atoms with Crippen LogP contribution < -0.4 is 4.74 Å². The maximum atomic E-state index is 12.5. The molecule has 0 radical (unpaired) electrons. The molecule has 4 aromatic rings. The van der Waals surface area contributed by atoms with Gasteiger partial charge in [-0.15, -0.1) is 21.5 Å². The van der Waals surface area contributed by atoms with E-state index < -0.39 is 0 Å². The van der Waals surface area contributed by atoms with Crippen molar-refractivity contribution in [1.82, 2.24) is 20.1 Å². The summed E-state index contributed by atoms with van der Waals surface area (Å²) < 4.78 is 11.9. The molecule has 2 heterocycles. The highest BCUT2D eigenvalue weighted by Gasteiger charge is 2.21. The van der Waals surface area contributed by atoms with Gasteiger partial charge in [0.1, 0.15) is 10.8 Å². The highest BCUT2D eigenvalue weighted by atomic mass is 32.1. The van der Waals surface area contributed by atoms with Gasteiger partial charge >= 0.3 is 0 Å². The number of nitrogens with zero attached hydrogens (tertiary/aromatic N) is 4. The number of hydrogen-bond acceptors (Lipinski definition) is 7. The van der Waals surface area contributed by atoms with Gasteiger partial charge in [-0.1, -0.05) is 12.1 Å². The molecule has 142 valence electrons. The van der Waals surface area contributed by atoms with Crippen molar-refractivity contribution in [3.63, 3.8) is 0 Å². The van der Waals surface area contributed by atoms with Crippen LogP contribution in [-0.2, 0) is 4.79 Å². The topological polar surface area (TPSA) is 81.4 Å². The van der Waals surface area contributed by atoms with Crippen LogP contribution in [0.2, 0.25) is 0 Å². The van der Waals surface area contributed by atoms with Crippen molar-refractivity contribution in [3.8, 4) is 17.2 Å². The zero-order valence-electron chi connectivity index (χ0n) is 15.4. The van der Waals surface area contributed by atoms with Crippen LogP contribution in [0.3, 0.4) is 0 Å². The number of benzene rings is 2. The highest BCUT2D eigenvalue weighted by Crippen LogP contribution is 2.29. The summed E-state index contributed by atoms with van der Waals surface area (Å²) in [4.78, 5) is 18.8. The minimum Gasteiger partial charge on any atom is -0.484 e. The van der Waals surface area contributed by atoms with E-state index >= 15 is 0 Å². The zero-order valence-corrected chi connectivity index (χ0v) is 16.2. The molecular formula is C20H18N4O3S. The fourth-order valence-electron chi connectivity index (χ4n) is 2.69. The maximum Gasteiger partial charge on any atom is 0.260 e. The number of rotatable bonds is 6. The van der Waals surface area contributed by atoms with E-state index in [4.69, 9.17) is 9.15 Å². The molecule has 1 atom stereocenters. The van der Waals surface area contributed by atoms with Crippen molar-refractivity contribution in [2.24, 2.45) is 0 Å². The number of aromatic nitrogens is 3. The molecule has 0 aliphatic heterocycles. The van der Waals surface area contributed by atoms with Gasteiger partial charge < -0.3 is 14.1 Å². The van der Waals surface area contributed by atoms with Gasteiger partial charge in [-0.05, 0) is 43.3 Å². The Morgan fingerprint density at radius 3 is 2.71 bits per heavy atom. The highest BCUT2D eigenvalue weighted by molar-refractivity contribution is 7.18. The number of carbonyl (C=O) groups is 1. The number of carbonyl (C=O) groups excluding carboxylic acids is 1. The van der Waals surface area contributed by atoms with Crippen LogP contribution in [0.5, 0.6) is 5.75 Å². The Morgan fingerprint density at radius 1 is 1.21 bits per heavy atom. The molecule has 0 fully saturated rings. The van der Waals surface area contributed by atoms with Gasteiger partial charge in [-0.3, -0.25) is 4.79 Å². The molecule has 2 aromatic carbocycles. The Bertz CT molecular complexity index is 1040. The summed E-state index contributed by atoms with van der Waals surface area (Å²) in [6.07, 6.45) is 1.28. The summed E-state index contributed by atoms with van der Waals surface area (Å²) in [5, 5.41) is 8.41. The molecule has 0 saturated carbocycles. The first-order chi connectivity index (χ1) is 13.6. The van der Waals surface area contributed by atoms with Gasteiger partial charge in [0.05, 0.1) is 16.3 Å². The lowest BCUT2D eigenvalue weighted by atomic mass is 10.2. The fraction of sp³-hybridized carbons (Fsp3) is 0.200.